The highest BCUT2D eigenvalue weighted by atomic mass is 16.5. The monoisotopic (exact) mass is 330 g/mol. The van der Waals surface area contributed by atoms with Crippen LogP contribution in [0.25, 0.3) is 0 Å². The van der Waals surface area contributed by atoms with E-state index in [4.69, 9.17) is 9.47 Å². The normalized spacial score (nSPS) is 14.2. The predicted molar refractivity (Wildman–Crippen MR) is 91.5 cm³/mol. The van der Waals surface area contributed by atoms with E-state index in [0.717, 1.165) is 36.0 Å². The number of hydrogen-bond donors (Lipinski definition) is 2. The summed E-state index contributed by atoms with van der Waals surface area (Å²) in [5.74, 6) is 3.00. The van der Waals surface area contributed by atoms with E-state index < -0.39 is 0 Å². The van der Waals surface area contributed by atoms with Gasteiger partial charge in [-0.3, -0.25) is 0 Å². The van der Waals surface area contributed by atoms with Crippen molar-refractivity contribution in [2.75, 3.05) is 25.1 Å². The van der Waals surface area contributed by atoms with Crippen LogP contribution in [0.5, 0.6) is 11.5 Å². The van der Waals surface area contributed by atoms with Crippen LogP contribution in [-0.2, 0) is 13.6 Å². The molecule has 1 aromatic heterocycles. The topological polar surface area (TPSA) is 85.6 Å². The summed E-state index contributed by atoms with van der Waals surface area (Å²) >= 11 is 0. The number of rotatable bonds is 4. The van der Waals surface area contributed by atoms with Crippen molar-refractivity contribution < 1.29 is 9.47 Å². The van der Waals surface area contributed by atoms with Gasteiger partial charge in [0.15, 0.2) is 23.3 Å². The molecule has 2 N–H and O–H groups in total. The van der Waals surface area contributed by atoms with E-state index in [2.05, 4.69) is 25.8 Å². The third-order valence-corrected chi connectivity index (χ3v) is 3.54. The Morgan fingerprint density at radius 1 is 1.29 bits per heavy atom. The van der Waals surface area contributed by atoms with Crippen molar-refractivity contribution in [2.45, 2.75) is 19.9 Å². The fourth-order valence-corrected chi connectivity index (χ4v) is 2.28. The summed E-state index contributed by atoms with van der Waals surface area (Å²) in [6, 6.07) is 5.79. The Kier molecular flexibility index (Phi) is 5.15. The predicted octanol–water partition coefficient (Wildman–Crippen LogP) is 1.55. The number of aryl methyl sites for hydroxylation is 1. The van der Waals surface area contributed by atoms with Crippen molar-refractivity contribution in [1.82, 2.24) is 20.1 Å². The quantitative estimate of drug-likeness (QED) is 0.653. The molecule has 1 aliphatic heterocycles. The molecule has 0 unspecified atom stereocenters. The van der Waals surface area contributed by atoms with Gasteiger partial charge in [0.2, 0.25) is 0 Å². The largest absolute Gasteiger partial charge is 0.490 e. The van der Waals surface area contributed by atoms with Crippen molar-refractivity contribution in [3.63, 3.8) is 0 Å². The number of nitrogens with one attached hydrogen (secondary N) is 2. The van der Waals surface area contributed by atoms with E-state index in [1.165, 1.54) is 0 Å². The SMILES string of the molecule is CCNC(=NCc1nncn1C)Nc1ccc2c(c1)OCCCO2. The molecule has 8 nitrogen and oxygen atoms in total. The third kappa shape index (κ3) is 3.95. The molecule has 1 aromatic carbocycles. The molecular formula is C16H22N6O2. The zero-order chi connectivity index (χ0) is 16.8. The van der Waals surface area contributed by atoms with Crippen LogP contribution in [0.3, 0.4) is 0 Å². The van der Waals surface area contributed by atoms with Crippen LogP contribution in [0, 0.1) is 0 Å². The number of nitrogens with zero attached hydrogens (tertiary/aromatic N) is 4. The average molecular weight is 330 g/mol. The first-order valence-corrected chi connectivity index (χ1v) is 8.04. The molecule has 24 heavy (non-hydrogen) atoms. The molecule has 0 fully saturated rings. The first-order valence-electron chi connectivity index (χ1n) is 8.04. The highest BCUT2D eigenvalue weighted by Crippen LogP contribution is 2.32. The van der Waals surface area contributed by atoms with E-state index in [1.807, 2.05) is 36.7 Å². The summed E-state index contributed by atoms with van der Waals surface area (Å²) < 4.78 is 13.2. The molecule has 0 radical (unpaired) electrons. The first-order chi connectivity index (χ1) is 11.8. The number of fused-ring (bicyclic) bond motifs is 1. The van der Waals surface area contributed by atoms with Crippen LogP contribution >= 0.6 is 0 Å². The molecule has 0 bridgehead atoms. The van der Waals surface area contributed by atoms with E-state index in [9.17, 15) is 0 Å². The van der Waals surface area contributed by atoms with Crippen LogP contribution in [0.15, 0.2) is 29.5 Å². The van der Waals surface area contributed by atoms with Crippen LogP contribution in [0.1, 0.15) is 19.2 Å². The Labute approximate surface area is 140 Å². The second kappa shape index (κ2) is 7.67. The summed E-state index contributed by atoms with van der Waals surface area (Å²) in [7, 11) is 1.90. The second-order valence-corrected chi connectivity index (χ2v) is 5.39. The van der Waals surface area contributed by atoms with Crippen LogP contribution in [-0.4, -0.2) is 40.5 Å². The van der Waals surface area contributed by atoms with Crippen LogP contribution in [0.4, 0.5) is 5.69 Å². The van der Waals surface area contributed by atoms with Gasteiger partial charge in [-0.25, -0.2) is 4.99 Å². The fourth-order valence-electron chi connectivity index (χ4n) is 2.28. The minimum absolute atomic E-state index is 0.441. The Morgan fingerprint density at radius 2 is 2.12 bits per heavy atom. The Hall–Kier alpha value is -2.77. The fraction of sp³-hybridized carbons (Fsp3) is 0.438. The lowest BCUT2D eigenvalue weighted by Gasteiger charge is -2.13. The van der Waals surface area contributed by atoms with Gasteiger partial charge in [0, 0.05) is 31.8 Å². The van der Waals surface area contributed by atoms with Gasteiger partial charge in [-0.2, -0.15) is 0 Å². The molecule has 0 atom stereocenters. The van der Waals surface area contributed by atoms with Crippen molar-refractivity contribution >= 4 is 11.6 Å². The van der Waals surface area contributed by atoms with Gasteiger partial charge < -0.3 is 24.7 Å². The number of benzene rings is 1. The first kappa shape index (κ1) is 16.1. The number of aromatic nitrogens is 3. The molecule has 0 saturated carbocycles. The van der Waals surface area contributed by atoms with Crippen LogP contribution in [0.2, 0.25) is 0 Å². The number of guanidine groups is 1. The number of hydrogen-bond acceptors (Lipinski definition) is 5. The summed E-state index contributed by atoms with van der Waals surface area (Å²) in [6.45, 7) is 4.57. The highest BCUT2D eigenvalue weighted by molar-refractivity contribution is 5.93. The number of aliphatic imine (C=N–C) groups is 1. The van der Waals surface area contributed by atoms with Gasteiger partial charge >= 0.3 is 0 Å². The Morgan fingerprint density at radius 3 is 2.88 bits per heavy atom. The summed E-state index contributed by atoms with van der Waals surface area (Å²) in [5, 5.41) is 14.4. The lowest BCUT2D eigenvalue weighted by molar-refractivity contribution is 0.297. The maximum absolute atomic E-state index is 5.72. The highest BCUT2D eigenvalue weighted by Gasteiger charge is 2.11. The van der Waals surface area contributed by atoms with E-state index in [1.54, 1.807) is 6.33 Å². The lowest BCUT2D eigenvalue weighted by atomic mass is 10.3. The van der Waals surface area contributed by atoms with Crippen molar-refractivity contribution in [3.8, 4) is 11.5 Å². The second-order valence-electron chi connectivity index (χ2n) is 5.39. The summed E-state index contributed by atoms with van der Waals surface area (Å²) in [6.07, 6.45) is 2.55. The average Bonchev–Trinajstić information content (AvgIpc) is 2.85. The van der Waals surface area contributed by atoms with Crippen molar-refractivity contribution in [1.29, 1.82) is 0 Å². The summed E-state index contributed by atoms with van der Waals surface area (Å²) in [5.41, 5.74) is 0.886. The van der Waals surface area contributed by atoms with Crippen molar-refractivity contribution in [3.05, 3.63) is 30.4 Å². The van der Waals surface area contributed by atoms with E-state index in [-0.39, 0.29) is 0 Å². The number of ether oxygens (including phenoxy) is 2. The number of anilines is 1. The Balaban J connectivity index is 1.73. The molecule has 2 aromatic rings. The molecular weight excluding hydrogens is 308 g/mol. The van der Waals surface area contributed by atoms with Gasteiger partial charge in [-0.15, -0.1) is 10.2 Å². The van der Waals surface area contributed by atoms with Crippen molar-refractivity contribution in [2.24, 2.45) is 12.0 Å². The lowest BCUT2D eigenvalue weighted by Crippen LogP contribution is -2.30. The molecule has 3 rings (SSSR count). The molecule has 128 valence electrons. The maximum atomic E-state index is 5.72. The van der Waals surface area contributed by atoms with Gasteiger partial charge in [-0.1, -0.05) is 0 Å². The minimum atomic E-state index is 0.441. The molecule has 0 spiro atoms. The van der Waals surface area contributed by atoms with Gasteiger partial charge in [0.1, 0.15) is 12.9 Å². The minimum Gasteiger partial charge on any atom is -0.490 e. The summed E-state index contributed by atoms with van der Waals surface area (Å²) in [4.78, 5) is 4.54. The maximum Gasteiger partial charge on any atom is 0.196 e. The Bertz CT molecular complexity index is 712. The van der Waals surface area contributed by atoms with Gasteiger partial charge in [-0.05, 0) is 19.1 Å². The standard InChI is InChI=1S/C16H22N6O2/c1-3-17-16(18-10-15-21-19-11-22(15)2)20-12-5-6-13-14(9-12)24-8-4-7-23-13/h5-6,9,11H,3-4,7-8,10H2,1-2H3,(H2,17,18,20). The van der Waals surface area contributed by atoms with E-state index >= 15 is 0 Å². The van der Waals surface area contributed by atoms with Gasteiger partial charge in [0.05, 0.1) is 13.2 Å². The van der Waals surface area contributed by atoms with Gasteiger partial charge in [0.25, 0.3) is 0 Å². The molecule has 2 heterocycles. The third-order valence-electron chi connectivity index (χ3n) is 3.54. The zero-order valence-corrected chi connectivity index (χ0v) is 14.0. The zero-order valence-electron chi connectivity index (χ0n) is 14.0. The van der Waals surface area contributed by atoms with Crippen LogP contribution < -0.4 is 20.1 Å². The molecule has 1 aliphatic rings. The molecule has 0 aliphatic carbocycles. The van der Waals surface area contributed by atoms with E-state index in [0.29, 0.717) is 25.7 Å². The molecule has 8 heteroatoms. The molecule has 0 saturated heterocycles. The smallest absolute Gasteiger partial charge is 0.196 e. The molecule has 0 amide bonds.